The highest BCUT2D eigenvalue weighted by Crippen LogP contribution is 2.41. The second-order valence-electron chi connectivity index (χ2n) is 6.90. The van der Waals surface area contributed by atoms with Crippen LogP contribution in [0.15, 0.2) is 12.1 Å². The highest BCUT2D eigenvalue weighted by molar-refractivity contribution is 5.59. The summed E-state index contributed by atoms with van der Waals surface area (Å²) in [5.74, 6) is 0. The quantitative estimate of drug-likeness (QED) is 0.602. The zero-order chi connectivity index (χ0) is 15.9. The molecule has 0 fully saturated rings. The monoisotopic (exact) mass is 280 g/mol. The Morgan fingerprint density at radius 3 is 1.35 bits per heavy atom. The lowest BCUT2D eigenvalue weighted by atomic mass is 9.78. The molecule has 0 aliphatic heterocycles. The van der Waals surface area contributed by atoms with Crippen molar-refractivity contribution < 1.29 is 9.85 Å². The lowest BCUT2D eigenvalue weighted by Crippen LogP contribution is -2.20. The van der Waals surface area contributed by atoms with E-state index < -0.39 is 20.7 Å². The van der Waals surface area contributed by atoms with Crippen LogP contribution in [0.2, 0.25) is 0 Å². The van der Waals surface area contributed by atoms with Crippen LogP contribution >= 0.6 is 0 Å². The topological polar surface area (TPSA) is 86.3 Å². The molecule has 0 aromatic heterocycles. The van der Waals surface area contributed by atoms with Gasteiger partial charge in [-0.05, 0) is 10.8 Å². The summed E-state index contributed by atoms with van der Waals surface area (Å²) in [7, 11) is 0. The minimum atomic E-state index is -0.547. The van der Waals surface area contributed by atoms with Crippen LogP contribution in [0.1, 0.15) is 52.7 Å². The molecular formula is C14H20N2O4. The first-order valence-electron chi connectivity index (χ1n) is 6.33. The second-order valence-corrected chi connectivity index (χ2v) is 6.90. The fraction of sp³-hybridized carbons (Fsp3) is 0.571. The van der Waals surface area contributed by atoms with E-state index in [-0.39, 0.29) is 11.4 Å². The Morgan fingerprint density at radius 1 is 0.800 bits per heavy atom. The number of nitrogens with zero attached hydrogens (tertiary/aromatic N) is 2. The molecule has 0 radical (unpaired) electrons. The number of benzene rings is 1. The van der Waals surface area contributed by atoms with Crippen LogP contribution < -0.4 is 0 Å². The van der Waals surface area contributed by atoms with Crippen molar-refractivity contribution in [3.63, 3.8) is 0 Å². The number of hydrogen-bond donors (Lipinski definition) is 0. The van der Waals surface area contributed by atoms with E-state index in [1.165, 1.54) is 12.1 Å². The van der Waals surface area contributed by atoms with E-state index in [4.69, 9.17) is 0 Å². The molecule has 0 saturated carbocycles. The fourth-order valence-electron chi connectivity index (χ4n) is 2.06. The molecule has 110 valence electrons. The van der Waals surface area contributed by atoms with Crippen molar-refractivity contribution in [3.8, 4) is 0 Å². The highest BCUT2D eigenvalue weighted by atomic mass is 16.6. The molecule has 1 aromatic rings. The van der Waals surface area contributed by atoms with E-state index in [2.05, 4.69) is 0 Å². The average molecular weight is 280 g/mol. The van der Waals surface area contributed by atoms with Crippen LogP contribution in [0.25, 0.3) is 0 Å². The predicted octanol–water partition coefficient (Wildman–Crippen LogP) is 4.10. The van der Waals surface area contributed by atoms with E-state index >= 15 is 0 Å². The Bertz CT molecular complexity index is 531. The van der Waals surface area contributed by atoms with Crippen molar-refractivity contribution in [2.75, 3.05) is 0 Å². The van der Waals surface area contributed by atoms with Gasteiger partial charge in [0.05, 0.1) is 9.85 Å². The smallest absolute Gasteiger partial charge is 0.258 e. The predicted molar refractivity (Wildman–Crippen MR) is 77.2 cm³/mol. The Hall–Kier alpha value is -1.98. The minimum Gasteiger partial charge on any atom is -0.258 e. The van der Waals surface area contributed by atoms with Gasteiger partial charge in [0.2, 0.25) is 0 Å². The first kappa shape index (κ1) is 16.1. The van der Waals surface area contributed by atoms with E-state index in [1.807, 2.05) is 41.5 Å². The van der Waals surface area contributed by atoms with Gasteiger partial charge in [-0.3, -0.25) is 20.2 Å². The van der Waals surface area contributed by atoms with Crippen molar-refractivity contribution in [1.82, 2.24) is 0 Å². The molecule has 1 rings (SSSR count). The maximum absolute atomic E-state index is 11.5. The zero-order valence-corrected chi connectivity index (χ0v) is 12.7. The Labute approximate surface area is 118 Å². The van der Waals surface area contributed by atoms with E-state index in [0.717, 1.165) is 0 Å². The average Bonchev–Trinajstić information content (AvgIpc) is 2.24. The summed E-state index contributed by atoms with van der Waals surface area (Å²) in [5, 5.41) is 22.5. The molecule has 0 unspecified atom stereocenters. The first-order valence-corrected chi connectivity index (χ1v) is 6.33. The Morgan fingerprint density at radius 2 is 1.15 bits per heavy atom. The minimum absolute atomic E-state index is 0.0180. The fourth-order valence-corrected chi connectivity index (χ4v) is 2.06. The third-order valence-corrected chi connectivity index (χ3v) is 3.10. The van der Waals surface area contributed by atoms with Gasteiger partial charge in [0, 0.05) is 23.3 Å². The molecule has 0 saturated heterocycles. The van der Waals surface area contributed by atoms with Crippen molar-refractivity contribution >= 4 is 11.4 Å². The molecular weight excluding hydrogens is 260 g/mol. The number of hydrogen-bond acceptors (Lipinski definition) is 4. The van der Waals surface area contributed by atoms with Gasteiger partial charge in [-0.25, -0.2) is 0 Å². The van der Waals surface area contributed by atoms with Crippen LogP contribution in [0, 0.1) is 20.2 Å². The number of nitro groups is 2. The van der Waals surface area contributed by atoms with E-state index in [9.17, 15) is 20.2 Å². The largest absolute Gasteiger partial charge is 0.277 e. The van der Waals surface area contributed by atoms with Gasteiger partial charge in [-0.2, -0.15) is 0 Å². The van der Waals surface area contributed by atoms with Gasteiger partial charge < -0.3 is 0 Å². The molecule has 0 aliphatic carbocycles. The lowest BCUT2D eigenvalue weighted by molar-refractivity contribution is -0.390. The standard InChI is InChI=1S/C14H20N2O4/c1-13(2,3)10-7-9(15(17)18)8-11(14(4,5)6)12(10)16(19)20/h7-8H,1-6H3. The molecule has 0 aliphatic rings. The van der Waals surface area contributed by atoms with Crippen molar-refractivity contribution in [1.29, 1.82) is 0 Å². The molecule has 0 amide bonds. The SMILES string of the molecule is CC(C)(C)c1cc([N+](=O)[O-])cc(C(C)(C)C)c1[N+](=O)[O-]. The van der Waals surface area contributed by atoms with Crippen LogP contribution in [-0.2, 0) is 10.8 Å². The molecule has 0 N–H and O–H groups in total. The Kier molecular flexibility index (Phi) is 3.90. The van der Waals surface area contributed by atoms with Crippen molar-refractivity contribution in [3.05, 3.63) is 43.5 Å². The van der Waals surface area contributed by atoms with Crippen LogP contribution in [-0.4, -0.2) is 9.85 Å². The Balaban J connectivity index is 3.86. The molecule has 0 spiro atoms. The molecule has 1 aromatic carbocycles. The summed E-state index contributed by atoms with van der Waals surface area (Å²) in [6.07, 6.45) is 0. The normalized spacial score (nSPS) is 12.3. The van der Waals surface area contributed by atoms with Crippen molar-refractivity contribution in [2.45, 2.75) is 52.4 Å². The summed E-state index contributed by atoms with van der Waals surface area (Å²) >= 11 is 0. The van der Waals surface area contributed by atoms with Crippen molar-refractivity contribution in [2.24, 2.45) is 0 Å². The molecule has 0 atom stereocenters. The molecule has 0 heterocycles. The second kappa shape index (κ2) is 4.85. The number of rotatable bonds is 2. The van der Waals surface area contributed by atoms with Gasteiger partial charge in [-0.1, -0.05) is 41.5 Å². The first-order chi connectivity index (χ1) is 8.85. The summed E-state index contributed by atoms with van der Waals surface area (Å²) in [5.41, 5.74) is -0.438. The maximum atomic E-state index is 11.5. The van der Waals surface area contributed by atoms with Crippen LogP contribution in [0.4, 0.5) is 11.4 Å². The summed E-state index contributed by atoms with van der Waals surface area (Å²) in [6.45, 7) is 10.9. The van der Waals surface area contributed by atoms with Gasteiger partial charge in [0.15, 0.2) is 0 Å². The number of nitro benzene ring substituents is 2. The van der Waals surface area contributed by atoms with Gasteiger partial charge in [0.25, 0.3) is 11.4 Å². The lowest BCUT2D eigenvalue weighted by Gasteiger charge is -2.24. The van der Waals surface area contributed by atoms with Gasteiger partial charge in [-0.15, -0.1) is 0 Å². The summed E-state index contributed by atoms with van der Waals surface area (Å²) < 4.78 is 0. The third-order valence-electron chi connectivity index (χ3n) is 3.10. The third kappa shape index (κ3) is 3.12. The maximum Gasteiger partial charge on any atom is 0.277 e. The molecule has 6 nitrogen and oxygen atoms in total. The van der Waals surface area contributed by atoms with E-state index in [0.29, 0.717) is 11.1 Å². The van der Waals surface area contributed by atoms with E-state index in [1.54, 1.807) is 0 Å². The summed E-state index contributed by atoms with van der Waals surface area (Å²) in [4.78, 5) is 21.6. The molecule has 20 heavy (non-hydrogen) atoms. The molecule has 6 heteroatoms. The number of non-ortho nitro benzene ring substituents is 1. The van der Waals surface area contributed by atoms with Gasteiger partial charge >= 0.3 is 0 Å². The summed E-state index contributed by atoms with van der Waals surface area (Å²) in [6, 6.07) is 2.63. The van der Waals surface area contributed by atoms with Gasteiger partial charge in [0.1, 0.15) is 0 Å². The zero-order valence-electron chi connectivity index (χ0n) is 12.7. The van der Waals surface area contributed by atoms with Crippen LogP contribution in [0.5, 0.6) is 0 Å². The van der Waals surface area contributed by atoms with Crippen LogP contribution in [0.3, 0.4) is 0 Å². The molecule has 0 bridgehead atoms. The highest BCUT2D eigenvalue weighted by Gasteiger charge is 2.35.